The summed E-state index contributed by atoms with van der Waals surface area (Å²) in [6.07, 6.45) is 4.36. The molecule has 0 bridgehead atoms. The maximum absolute atomic E-state index is 12.3. The Labute approximate surface area is 128 Å². The van der Waals surface area contributed by atoms with Gasteiger partial charge in [0.15, 0.2) is 0 Å². The Morgan fingerprint density at radius 2 is 1.59 bits per heavy atom. The van der Waals surface area contributed by atoms with Crippen LogP contribution in [0.1, 0.15) is 38.5 Å². The number of carbonyl (C=O) groups excluding carboxylic acids is 3. The van der Waals surface area contributed by atoms with E-state index < -0.39 is 17.9 Å². The molecule has 3 fully saturated rings. The predicted molar refractivity (Wildman–Crippen MR) is 74.5 cm³/mol. The largest absolute Gasteiger partial charge is 0.480 e. The minimum atomic E-state index is -1.03. The van der Waals surface area contributed by atoms with Gasteiger partial charge in [0.25, 0.3) is 0 Å². The highest BCUT2D eigenvalue weighted by Crippen LogP contribution is 2.38. The van der Waals surface area contributed by atoms with Crippen LogP contribution in [0, 0.1) is 11.8 Å². The van der Waals surface area contributed by atoms with E-state index in [-0.39, 0.29) is 30.2 Å². The van der Waals surface area contributed by atoms with Crippen LogP contribution < -0.4 is 0 Å². The molecule has 3 unspecified atom stereocenters. The Kier molecular flexibility index (Phi) is 3.88. The molecule has 3 aliphatic rings. The third kappa shape index (κ3) is 2.38. The van der Waals surface area contributed by atoms with Crippen molar-refractivity contribution in [3.05, 3.63) is 0 Å². The molecule has 0 aromatic carbocycles. The van der Waals surface area contributed by atoms with E-state index in [1.807, 2.05) is 0 Å². The van der Waals surface area contributed by atoms with Crippen LogP contribution in [0.3, 0.4) is 0 Å². The van der Waals surface area contributed by atoms with E-state index in [1.54, 1.807) is 0 Å². The normalized spacial score (nSPS) is 31.5. The van der Waals surface area contributed by atoms with Crippen LogP contribution in [0.5, 0.6) is 0 Å². The zero-order chi connectivity index (χ0) is 15.9. The summed E-state index contributed by atoms with van der Waals surface area (Å²) in [5, 5.41) is 9.12. The van der Waals surface area contributed by atoms with Crippen molar-refractivity contribution in [1.29, 1.82) is 0 Å². The SMILES string of the molecule is O=C(O)C1CCCN1C(=O)CN1C(=O)C2CCCCC2C1=O. The van der Waals surface area contributed by atoms with Gasteiger partial charge in [-0.15, -0.1) is 0 Å². The summed E-state index contributed by atoms with van der Waals surface area (Å²) in [5.74, 6) is -2.53. The van der Waals surface area contributed by atoms with Crippen LogP contribution in [-0.4, -0.2) is 57.7 Å². The molecule has 0 aromatic rings. The second-order valence-electron chi connectivity index (χ2n) is 6.34. The van der Waals surface area contributed by atoms with Gasteiger partial charge in [-0.1, -0.05) is 12.8 Å². The first-order valence-corrected chi connectivity index (χ1v) is 7.88. The zero-order valence-electron chi connectivity index (χ0n) is 12.4. The monoisotopic (exact) mass is 308 g/mol. The molecule has 2 heterocycles. The second kappa shape index (κ2) is 5.70. The minimum absolute atomic E-state index is 0.255. The van der Waals surface area contributed by atoms with Crippen molar-refractivity contribution in [2.75, 3.05) is 13.1 Å². The summed E-state index contributed by atoms with van der Waals surface area (Å²) in [6.45, 7) is 0.0628. The van der Waals surface area contributed by atoms with E-state index in [1.165, 1.54) is 4.90 Å². The van der Waals surface area contributed by atoms with Crippen LogP contribution in [0.25, 0.3) is 0 Å². The number of rotatable bonds is 3. The Morgan fingerprint density at radius 1 is 1.00 bits per heavy atom. The van der Waals surface area contributed by atoms with Crippen molar-refractivity contribution < 1.29 is 24.3 Å². The topological polar surface area (TPSA) is 95.0 Å². The zero-order valence-corrected chi connectivity index (χ0v) is 12.4. The Morgan fingerprint density at radius 3 is 2.14 bits per heavy atom. The molecule has 0 radical (unpaired) electrons. The molecule has 1 saturated carbocycles. The summed E-state index contributed by atoms with van der Waals surface area (Å²) in [7, 11) is 0. The maximum atomic E-state index is 12.3. The number of hydrogen-bond donors (Lipinski definition) is 1. The third-order valence-electron chi connectivity index (χ3n) is 5.08. The maximum Gasteiger partial charge on any atom is 0.326 e. The van der Waals surface area contributed by atoms with Crippen molar-refractivity contribution >= 4 is 23.7 Å². The molecule has 1 N–H and O–H groups in total. The lowest BCUT2D eigenvalue weighted by molar-refractivity contribution is -0.151. The molecule has 7 heteroatoms. The minimum Gasteiger partial charge on any atom is -0.480 e. The average molecular weight is 308 g/mol. The molecular weight excluding hydrogens is 288 g/mol. The number of carboxylic acids is 1. The molecule has 1 aliphatic carbocycles. The fourth-order valence-corrected chi connectivity index (χ4v) is 3.93. The summed E-state index contributed by atoms with van der Waals surface area (Å²) in [5.41, 5.74) is 0. The molecule has 2 aliphatic heterocycles. The lowest BCUT2D eigenvalue weighted by Gasteiger charge is -2.24. The lowest BCUT2D eigenvalue weighted by Crippen LogP contribution is -2.47. The second-order valence-corrected chi connectivity index (χ2v) is 6.34. The number of carbonyl (C=O) groups is 4. The highest BCUT2D eigenvalue weighted by atomic mass is 16.4. The van der Waals surface area contributed by atoms with Gasteiger partial charge in [0, 0.05) is 6.54 Å². The number of hydrogen-bond acceptors (Lipinski definition) is 4. The van der Waals surface area contributed by atoms with Crippen LogP contribution >= 0.6 is 0 Å². The molecule has 2 saturated heterocycles. The van der Waals surface area contributed by atoms with Gasteiger partial charge in [-0.2, -0.15) is 0 Å². The summed E-state index contributed by atoms with van der Waals surface area (Å²) in [4.78, 5) is 50.5. The number of fused-ring (bicyclic) bond motifs is 1. The van der Waals surface area contributed by atoms with E-state index >= 15 is 0 Å². The van der Waals surface area contributed by atoms with Crippen LogP contribution in [0.4, 0.5) is 0 Å². The van der Waals surface area contributed by atoms with Crippen molar-refractivity contribution in [2.24, 2.45) is 11.8 Å². The van der Waals surface area contributed by atoms with E-state index in [0.29, 0.717) is 32.2 Å². The number of nitrogens with zero attached hydrogens (tertiary/aromatic N) is 2. The van der Waals surface area contributed by atoms with Crippen LogP contribution in [0.2, 0.25) is 0 Å². The molecule has 0 aromatic heterocycles. The van der Waals surface area contributed by atoms with Gasteiger partial charge in [-0.25, -0.2) is 4.79 Å². The molecule has 3 atom stereocenters. The highest BCUT2D eigenvalue weighted by molar-refractivity contribution is 6.07. The Balaban J connectivity index is 1.70. The van der Waals surface area contributed by atoms with Gasteiger partial charge in [-0.05, 0) is 25.7 Å². The third-order valence-corrected chi connectivity index (χ3v) is 5.08. The van der Waals surface area contributed by atoms with Gasteiger partial charge < -0.3 is 10.0 Å². The average Bonchev–Trinajstić information content (AvgIpc) is 3.08. The number of likely N-dealkylation sites (tertiary alicyclic amines) is 2. The summed E-state index contributed by atoms with van der Waals surface area (Å²) >= 11 is 0. The molecule has 0 spiro atoms. The highest BCUT2D eigenvalue weighted by Gasteiger charge is 2.49. The van der Waals surface area contributed by atoms with Crippen molar-refractivity contribution in [3.63, 3.8) is 0 Å². The Hall–Kier alpha value is -1.92. The van der Waals surface area contributed by atoms with Crippen molar-refractivity contribution in [1.82, 2.24) is 9.80 Å². The molecule has 7 nitrogen and oxygen atoms in total. The van der Waals surface area contributed by atoms with E-state index in [4.69, 9.17) is 5.11 Å². The fourth-order valence-electron chi connectivity index (χ4n) is 3.93. The molecular formula is C15H20N2O5. The van der Waals surface area contributed by atoms with Gasteiger partial charge in [-0.3, -0.25) is 19.3 Å². The number of amides is 3. The summed E-state index contributed by atoms with van der Waals surface area (Å²) in [6, 6.07) is -0.831. The van der Waals surface area contributed by atoms with Gasteiger partial charge >= 0.3 is 5.97 Å². The van der Waals surface area contributed by atoms with E-state index in [2.05, 4.69) is 0 Å². The van der Waals surface area contributed by atoms with Crippen LogP contribution in [-0.2, 0) is 19.2 Å². The molecule has 3 rings (SSSR count). The molecule has 120 valence electrons. The van der Waals surface area contributed by atoms with Crippen molar-refractivity contribution in [2.45, 2.75) is 44.6 Å². The molecule has 3 amide bonds. The summed E-state index contributed by atoms with van der Waals surface area (Å²) < 4.78 is 0. The van der Waals surface area contributed by atoms with Gasteiger partial charge in [0.1, 0.15) is 12.6 Å². The number of imide groups is 1. The lowest BCUT2D eigenvalue weighted by atomic mass is 9.81. The Bertz CT molecular complexity index is 508. The standard InChI is InChI=1S/C15H20N2O5/c18-12(16-7-3-6-11(16)15(21)22)8-17-13(19)9-4-1-2-5-10(9)14(17)20/h9-11H,1-8H2,(H,21,22). The molecule has 22 heavy (non-hydrogen) atoms. The van der Waals surface area contributed by atoms with Gasteiger partial charge in [0.2, 0.25) is 17.7 Å². The first-order valence-electron chi connectivity index (χ1n) is 7.88. The van der Waals surface area contributed by atoms with Crippen molar-refractivity contribution in [3.8, 4) is 0 Å². The smallest absolute Gasteiger partial charge is 0.326 e. The van der Waals surface area contributed by atoms with E-state index in [0.717, 1.165) is 17.7 Å². The first kappa shape index (κ1) is 15.0. The first-order chi connectivity index (χ1) is 10.5. The van der Waals surface area contributed by atoms with E-state index in [9.17, 15) is 19.2 Å². The number of aliphatic carboxylic acids is 1. The van der Waals surface area contributed by atoms with Gasteiger partial charge in [0.05, 0.1) is 11.8 Å². The number of carboxylic acid groups (broad SMARTS) is 1. The fraction of sp³-hybridized carbons (Fsp3) is 0.733. The predicted octanol–water partition coefficient (Wildman–Crippen LogP) is 0.237. The quantitative estimate of drug-likeness (QED) is 0.753. The van der Waals surface area contributed by atoms with Crippen LogP contribution in [0.15, 0.2) is 0 Å².